The lowest BCUT2D eigenvalue weighted by Gasteiger charge is -2.26. The number of nitrogens with one attached hydrogen (secondary N) is 1. The zero-order chi connectivity index (χ0) is 11.9. The standard InChI is InChI=1S/C14H25N/c1-8-10-9-11(13(2,3)4)12(15-10)14(5,6)7/h9,15H,8H2,1-7H3. The molecule has 0 unspecified atom stereocenters. The first-order valence-corrected chi connectivity index (χ1v) is 5.89. The van der Waals surface area contributed by atoms with Crippen LogP contribution >= 0.6 is 0 Å². The Labute approximate surface area is 94.3 Å². The second kappa shape index (κ2) is 3.70. The largest absolute Gasteiger partial charge is 0.362 e. The van der Waals surface area contributed by atoms with Crippen LogP contribution in [0.15, 0.2) is 6.07 Å². The summed E-state index contributed by atoms with van der Waals surface area (Å²) in [6.45, 7) is 15.9. The number of aryl methyl sites for hydroxylation is 1. The second-order valence-corrected chi connectivity index (χ2v) is 6.44. The zero-order valence-corrected chi connectivity index (χ0v) is 11.3. The zero-order valence-electron chi connectivity index (χ0n) is 11.3. The molecule has 0 saturated heterocycles. The van der Waals surface area contributed by atoms with Gasteiger partial charge < -0.3 is 4.98 Å². The first kappa shape index (κ1) is 12.4. The monoisotopic (exact) mass is 207 g/mol. The van der Waals surface area contributed by atoms with Crippen molar-refractivity contribution in [2.75, 3.05) is 0 Å². The first-order chi connectivity index (χ1) is 6.66. The predicted octanol–water partition coefficient (Wildman–Crippen LogP) is 4.17. The lowest BCUT2D eigenvalue weighted by atomic mass is 9.79. The second-order valence-electron chi connectivity index (χ2n) is 6.44. The molecule has 1 aromatic rings. The van der Waals surface area contributed by atoms with E-state index in [1.54, 1.807) is 0 Å². The van der Waals surface area contributed by atoms with Crippen LogP contribution in [0.2, 0.25) is 0 Å². The molecule has 86 valence electrons. The first-order valence-electron chi connectivity index (χ1n) is 5.89. The van der Waals surface area contributed by atoms with Crippen LogP contribution in [0.1, 0.15) is 65.4 Å². The van der Waals surface area contributed by atoms with Gasteiger partial charge in [-0.15, -0.1) is 0 Å². The summed E-state index contributed by atoms with van der Waals surface area (Å²) in [7, 11) is 0. The molecule has 0 aromatic carbocycles. The Morgan fingerprint density at radius 2 is 1.53 bits per heavy atom. The molecule has 1 nitrogen and oxygen atoms in total. The van der Waals surface area contributed by atoms with Gasteiger partial charge in [-0.2, -0.15) is 0 Å². The van der Waals surface area contributed by atoms with Crippen molar-refractivity contribution in [1.29, 1.82) is 0 Å². The Morgan fingerprint density at radius 1 is 1.00 bits per heavy atom. The van der Waals surface area contributed by atoms with Crippen LogP contribution < -0.4 is 0 Å². The quantitative estimate of drug-likeness (QED) is 0.711. The SMILES string of the molecule is CCc1cc(C(C)(C)C)c(C(C)(C)C)[nH]1. The van der Waals surface area contributed by atoms with Crippen LogP contribution in [0.25, 0.3) is 0 Å². The predicted molar refractivity (Wildman–Crippen MR) is 67.6 cm³/mol. The van der Waals surface area contributed by atoms with Crippen LogP contribution in [-0.2, 0) is 17.3 Å². The van der Waals surface area contributed by atoms with E-state index in [0.29, 0.717) is 0 Å². The Kier molecular flexibility index (Phi) is 3.04. The molecule has 1 N–H and O–H groups in total. The summed E-state index contributed by atoms with van der Waals surface area (Å²) < 4.78 is 0. The van der Waals surface area contributed by atoms with E-state index < -0.39 is 0 Å². The third-order valence-corrected chi connectivity index (χ3v) is 2.81. The van der Waals surface area contributed by atoms with Crippen molar-refractivity contribution < 1.29 is 0 Å². The van der Waals surface area contributed by atoms with Gasteiger partial charge in [0.2, 0.25) is 0 Å². The molecule has 0 amide bonds. The number of hydrogen-bond donors (Lipinski definition) is 1. The minimum Gasteiger partial charge on any atom is -0.362 e. The molecule has 0 bridgehead atoms. The third-order valence-electron chi connectivity index (χ3n) is 2.81. The van der Waals surface area contributed by atoms with Crippen molar-refractivity contribution in [1.82, 2.24) is 4.98 Å². The summed E-state index contributed by atoms with van der Waals surface area (Å²) in [6, 6.07) is 2.33. The molecule has 1 heteroatoms. The van der Waals surface area contributed by atoms with E-state index in [9.17, 15) is 0 Å². The van der Waals surface area contributed by atoms with Gasteiger partial charge in [-0.3, -0.25) is 0 Å². The average Bonchev–Trinajstić information content (AvgIpc) is 2.44. The van der Waals surface area contributed by atoms with E-state index in [1.165, 1.54) is 17.0 Å². The Bertz CT molecular complexity index is 300. The summed E-state index contributed by atoms with van der Waals surface area (Å²) in [4.78, 5) is 3.58. The van der Waals surface area contributed by atoms with Gasteiger partial charge in [0.1, 0.15) is 0 Å². The van der Waals surface area contributed by atoms with Crippen LogP contribution in [0.3, 0.4) is 0 Å². The maximum absolute atomic E-state index is 3.58. The van der Waals surface area contributed by atoms with Gasteiger partial charge in [0, 0.05) is 16.8 Å². The van der Waals surface area contributed by atoms with Gasteiger partial charge in [-0.05, 0) is 23.5 Å². The van der Waals surface area contributed by atoms with E-state index in [-0.39, 0.29) is 10.8 Å². The lowest BCUT2D eigenvalue weighted by molar-refractivity contribution is 0.521. The number of hydrogen-bond acceptors (Lipinski definition) is 0. The normalized spacial score (nSPS) is 13.3. The average molecular weight is 207 g/mol. The Hall–Kier alpha value is -0.720. The van der Waals surface area contributed by atoms with Crippen LogP contribution in [0, 0.1) is 0 Å². The molecule has 0 aliphatic carbocycles. The molecule has 0 spiro atoms. The highest BCUT2D eigenvalue weighted by atomic mass is 14.8. The fourth-order valence-electron chi connectivity index (χ4n) is 1.88. The highest BCUT2D eigenvalue weighted by Crippen LogP contribution is 2.34. The summed E-state index contributed by atoms with van der Waals surface area (Å²) in [5, 5.41) is 0. The molecule has 1 rings (SSSR count). The van der Waals surface area contributed by atoms with Gasteiger partial charge in [0.05, 0.1) is 0 Å². The molecule has 1 heterocycles. The lowest BCUT2D eigenvalue weighted by Crippen LogP contribution is -2.20. The summed E-state index contributed by atoms with van der Waals surface area (Å²) in [6.07, 6.45) is 1.08. The maximum atomic E-state index is 3.58. The van der Waals surface area contributed by atoms with Gasteiger partial charge in [0.25, 0.3) is 0 Å². The van der Waals surface area contributed by atoms with E-state index in [1.807, 2.05) is 0 Å². The summed E-state index contributed by atoms with van der Waals surface area (Å²) >= 11 is 0. The molecule has 0 radical (unpaired) electrons. The molecular weight excluding hydrogens is 182 g/mol. The smallest absolute Gasteiger partial charge is 0.0241 e. The Morgan fingerprint density at radius 3 is 1.80 bits per heavy atom. The van der Waals surface area contributed by atoms with Gasteiger partial charge in [-0.1, -0.05) is 48.5 Å². The molecule has 0 aliphatic rings. The van der Waals surface area contributed by atoms with E-state index in [2.05, 4.69) is 59.5 Å². The highest BCUT2D eigenvalue weighted by Gasteiger charge is 2.27. The minimum atomic E-state index is 0.204. The number of H-pyrrole nitrogens is 1. The van der Waals surface area contributed by atoms with Crippen molar-refractivity contribution in [2.24, 2.45) is 0 Å². The van der Waals surface area contributed by atoms with Crippen molar-refractivity contribution in [3.8, 4) is 0 Å². The van der Waals surface area contributed by atoms with Crippen molar-refractivity contribution in [2.45, 2.75) is 65.7 Å². The van der Waals surface area contributed by atoms with Crippen LogP contribution in [-0.4, -0.2) is 4.98 Å². The van der Waals surface area contributed by atoms with E-state index in [0.717, 1.165) is 6.42 Å². The van der Waals surface area contributed by atoms with Crippen molar-refractivity contribution in [3.63, 3.8) is 0 Å². The molecule has 0 aliphatic heterocycles. The number of rotatable bonds is 1. The van der Waals surface area contributed by atoms with Crippen LogP contribution in [0.5, 0.6) is 0 Å². The minimum absolute atomic E-state index is 0.204. The fraction of sp³-hybridized carbons (Fsp3) is 0.714. The maximum Gasteiger partial charge on any atom is 0.0241 e. The number of aromatic amines is 1. The van der Waals surface area contributed by atoms with Crippen LogP contribution in [0.4, 0.5) is 0 Å². The highest BCUT2D eigenvalue weighted by molar-refractivity contribution is 5.36. The van der Waals surface area contributed by atoms with Crippen molar-refractivity contribution in [3.05, 3.63) is 23.0 Å². The third kappa shape index (κ3) is 2.64. The Balaban J connectivity index is 3.31. The van der Waals surface area contributed by atoms with E-state index in [4.69, 9.17) is 0 Å². The van der Waals surface area contributed by atoms with Gasteiger partial charge >= 0.3 is 0 Å². The molecule has 1 aromatic heterocycles. The van der Waals surface area contributed by atoms with Gasteiger partial charge in [-0.25, -0.2) is 0 Å². The van der Waals surface area contributed by atoms with E-state index >= 15 is 0 Å². The molecule has 0 atom stereocenters. The fourth-order valence-corrected chi connectivity index (χ4v) is 1.88. The molecule has 0 saturated carbocycles. The topological polar surface area (TPSA) is 15.8 Å². The summed E-state index contributed by atoms with van der Waals surface area (Å²) in [5.41, 5.74) is 4.64. The summed E-state index contributed by atoms with van der Waals surface area (Å²) in [5.74, 6) is 0. The molecular formula is C14H25N. The van der Waals surface area contributed by atoms with Crippen molar-refractivity contribution >= 4 is 0 Å². The number of aromatic nitrogens is 1. The van der Waals surface area contributed by atoms with Gasteiger partial charge in [0.15, 0.2) is 0 Å². The molecule has 0 fully saturated rings. The molecule has 15 heavy (non-hydrogen) atoms.